The molecule has 150 valence electrons. The number of halogens is 1. The molecule has 2 aromatic heterocycles. The second-order valence-corrected chi connectivity index (χ2v) is 6.86. The van der Waals surface area contributed by atoms with Crippen LogP contribution in [-0.4, -0.2) is 68.3 Å². The number of carbonyl (C=O) groups excluding carboxylic acids is 1. The zero-order chi connectivity index (χ0) is 20.5. The minimum absolute atomic E-state index is 0.0127. The predicted octanol–water partition coefficient (Wildman–Crippen LogP) is 2.39. The Morgan fingerprint density at radius 2 is 2.14 bits per heavy atom. The molecule has 4 rings (SSSR count). The first kappa shape index (κ1) is 18.9. The molecule has 9 nitrogen and oxygen atoms in total. The Morgan fingerprint density at radius 1 is 1.31 bits per heavy atom. The van der Waals surface area contributed by atoms with Crippen LogP contribution in [0.15, 0.2) is 35.8 Å². The molecule has 0 saturated carbocycles. The van der Waals surface area contributed by atoms with E-state index in [4.69, 9.17) is 4.99 Å². The van der Waals surface area contributed by atoms with Gasteiger partial charge in [0.2, 0.25) is 0 Å². The molecule has 1 atom stereocenters. The molecule has 1 aliphatic heterocycles. The average molecular weight is 396 g/mol. The average Bonchev–Trinajstić information content (AvgIpc) is 3.12. The molecule has 3 heterocycles. The van der Waals surface area contributed by atoms with E-state index < -0.39 is 5.82 Å². The minimum Gasteiger partial charge on any atom is -0.358 e. The molecule has 0 saturated heterocycles. The number of nitrogens with one attached hydrogen (secondary N) is 2. The number of ketones is 1. The van der Waals surface area contributed by atoms with E-state index in [1.807, 2.05) is 21.0 Å². The topological polar surface area (TPSA) is 102 Å². The summed E-state index contributed by atoms with van der Waals surface area (Å²) in [5, 5.41) is 6.89. The molecule has 2 N–H and O–H groups in total. The fourth-order valence-corrected chi connectivity index (χ4v) is 3.35. The maximum Gasteiger partial charge on any atom is 0.188 e. The summed E-state index contributed by atoms with van der Waals surface area (Å²) in [5.74, 6) is 0.294. The van der Waals surface area contributed by atoms with E-state index in [9.17, 15) is 9.18 Å². The lowest BCUT2D eigenvalue weighted by Gasteiger charge is -2.34. The molecule has 0 bridgehead atoms. The van der Waals surface area contributed by atoms with Gasteiger partial charge in [-0.15, -0.1) is 0 Å². The van der Waals surface area contributed by atoms with E-state index in [2.05, 4.69) is 25.3 Å². The van der Waals surface area contributed by atoms with Gasteiger partial charge in [0, 0.05) is 14.1 Å². The van der Waals surface area contributed by atoms with Crippen LogP contribution in [0.4, 0.5) is 15.9 Å². The van der Waals surface area contributed by atoms with Crippen molar-refractivity contribution in [3.05, 3.63) is 42.2 Å². The first-order valence-corrected chi connectivity index (χ1v) is 9.25. The number of hydrogen-bond donors (Lipinski definition) is 2. The van der Waals surface area contributed by atoms with Crippen molar-refractivity contribution < 1.29 is 9.18 Å². The SMILES string of the molecule is CC[C@H](Nc1ncnc2nc[nH]c12)C1=Nc2cccc(F)c2C(=O)CN1N(C)C. The third-order valence-corrected chi connectivity index (χ3v) is 4.80. The van der Waals surface area contributed by atoms with Crippen molar-refractivity contribution in [3.8, 4) is 0 Å². The van der Waals surface area contributed by atoms with Gasteiger partial charge in [-0.3, -0.25) is 9.80 Å². The molecule has 0 spiro atoms. The summed E-state index contributed by atoms with van der Waals surface area (Å²) < 4.78 is 14.4. The number of benzene rings is 1. The van der Waals surface area contributed by atoms with Crippen LogP contribution in [0.2, 0.25) is 0 Å². The predicted molar refractivity (Wildman–Crippen MR) is 108 cm³/mol. The number of hydrazine groups is 1. The number of rotatable bonds is 5. The fourth-order valence-electron chi connectivity index (χ4n) is 3.35. The molecule has 3 aromatic rings. The number of imidazole rings is 1. The van der Waals surface area contributed by atoms with Crippen LogP contribution in [0.25, 0.3) is 11.2 Å². The van der Waals surface area contributed by atoms with E-state index >= 15 is 0 Å². The summed E-state index contributed by atoms with van der Waals surface area (Å²) in [4.78, 5) is 33.1. The number of anilines is 1. The van der Waals surface area contributed by atoms with E-state index in [0.29, 0.717) is 34.9 Å². The minimum atomic E-state index is -0.563. The third kappa shape index (κ3) is 3.42. The van der Waals surface area contributed by atoms with Crippen LogP contribution >= 0.6 is 0 Å². The van der Waals surface area contributed by atoms with Crippen molar-refractivity contribution in [2.45, 2.75) is 19.4 Å². The second kappa shape index (κ2) is 7.55. The van der Waals surface area contributed by atoms with Crippen LogP contribution in [0, 0.1) is 5.82 Å². The Labute approximate surface area is 166 Å². The number of carbonyl (C=O) groups is 1. The zero-order valence-electron chi connectivity index (χ0n) is 16.3. The fraction of sp³-hybridized carbons (Fsp3) is 0.316. The summed E-state index contributed by atoms with van der Waals surface area (Å²) in [6, 6.07) is 4.20. The summed E-state index contributed by atoms with van der Waals surface area (Å²) in [6.45, 7) is 1.99. The molecule has 29 heavy (non-hydrogen) atoms. The summed E-state index contributed by atoms with van der Waals surface area (Å²) in [7, 11) is 3.64. The lowest BCUT2D eigenvalue weighted by molar-refractivity contribution is 0.0750. The van der Waals surface area contributed by atoms with Crippen LogP contribution in [-0.2, 0) is 0 Å². The second-order valence-electron chi connectivity index (χ2n) is 6.86. The highest BCUT2D eigenvalue weighted by Crippen LogP contribution is 2.28. The number of aliphatic imine (C=N–C) groups is 1. The quantitative estimate of drug-likeness (QED) is 0.683. The lowest BCUT2D eigenvalue weighted by atomic mass is 10.1. The molecule has 1 aromatic carbocycles. The zero-order valence-corrected chi connectivity index (χ0v) is 16.3. The molecule has 0 radical (unpaired) electrons. The van der Waals surface area contributed by atoms with E-state index in [1.54, 1.807) is 28.5 Å². The molecule has 10 heteroatoms. The van der Waals surface area contributed by atoms with Gasteiger partial charge >= 0.3 is 0 Å². The number of fused-ring (bicyclic) bond motifs is 2. The largest absolute Gasteiger partial charge is 0.358 e. The van der Waals surface area contributed by atoms with Crippen molar-refractivity contribution >= 4 is 34.3 Å². The van der Waals surface area contributed by atoms with Gasteiger partial charge in [0.05, 0.1) is 30.2 Å². The molecular formula is C19H21FN8O. The van der Waals surface area contributed by atoms with Crippen LogP contribution in [0.3, 0.4) is 0 Å². The van der Waals surface area contributed by atoms with Crippen molar-refractivity contribution in [2.75, 3.05) is 26.0 Å². The normalized spacial score (nSPS) is 15.3. The van der Waals surface area contributed by atoms with E-state index in [1.165, 1.54) is 12.4 Å². The molecular weight excluding hydrogens is 375 g/mol. The number of hydrogen-bond acceptors (Lipinski definition) is 8. The Hall–Kier alpha value is -3.40. The van der Waals surface area contributed by atoms with E-state index in [-0.39, 0.29) is 23.9 Å². The van der Waals surface area contributed by atoms with E-state index in [0.717, 1.165) is 0 Å². The first-order chi connectivity index (χ1) is 14.0. The highest BCUT2D eigenvalue weighted by atomic mass is 19.1. The first-order valence-electron chi connectivity index (χ1n) is 9.25. The van der Waals surface area contributed by atoms with Gasteiger partial charge in [0.25, 0.3) is 0 Å². The molecule has 0 fully saturated rings. The highest BCUT2D eigenvalue weighted by molar-refractivity contribution is 6.07. The number of aromatic nitrogens is 4. The Bertz CT molecular complexity index is 1090. The van der Waals surface area contributed by atoms with Gasteiger partial charge in [0.1, 0.15) is 23.5 Å². The lowest BCUT2D eigenvalue weighted by Crippen LogP contribution is -2.50. The maximum atomic E-state index is 14.4. The van der Waals surface area contributed by atoms with Crippen molar-refractivity contribution in [2.24, 2.45) is 4.99 Å². The number of aromatic amines is 1. The maximum absolute atomic E-state index is 14.4. The smallest absolute Gasteiger partial charge is 0.188 e. The Morgan fingerprint density at radius 3 is 2.90 bits per heavy atom. The Balaban J connectivity index is 1.79. The number of Topliss-reactive ketones (excluding diaryl/α,β-unsaturated/α-hetero) is 1. The van der Waals surface area contributed by atoms with Crippen molar-refractivity contribution in [3.63, 3.8) is 0 Å². The number of H-pyrrole nitrogens is 1. The highest BCUT2D eigenvalue weighted by Gasteiger charge is 2.31. The third-order valence-electron chi connectivity index (χ3n) is 4.80. The molecule has 1 aliphatic rings. The van der Waals surface area contributed by atoms with Gasteiger partial charge < -0.3 is 10.3 Å². The number of amidine groups is 1. The molecule has 0 amide bonds. The van der Waals surface area contributed by atoms with Gasteiger partial charge in [-0.1, -0.05) is 13.0 Å². The monoisotopic (exact) mass is 396 g/mol. The summed E-state index contributed by atoms with van der Waals surface area (Å²) >= 11 is 0. The van der Waals surface area contributed by atoms with Crippen molar-refractivity contribution in [1.82, 2.24) is 30.0 Å². The van der Waals surface area contributed by atoms with Crippen LogP contribution in [0.1, 0.15) is 23.7 Å². The van der Waals surface area contributed by atoms with Crippen molar-refractivity contribution in [1.29, 1.82) is 0 Å². The van der Waals surface area contributed by atoms with Crippen LogP contribution < -0.4 is 5.32 Å². The van der Waals surface area contributed by atoms with Gasteiger partial charge in [-0.25, -0.2) is 29.3 Å². The van der Waals surface area contributed by atoms with Gasteiger partial charge in [-0.05, 0) is 18.6 Å². The summed E-state index contributed by atoms with van der Waals surface area (Å²) in [5.41, 5.74) is 1.57. The number of nitrogens with zero attached hydrogens (tertiary/aromatic N) is 6. The van der Waals surface area contributed by atoms with Crippen LogP contribution in [0.5, 0.6) is 0 Å². The summed E-state index contributed by atoms with van der Waals surface area (Å²) in [6.07, 6.45) is 3.64. The molecule has 0 aliphatic carbocycles. The van der Waals surface area contributed by atoms with Gasteiger partial charge in [0.15, 0.2) is 17.2 Å². The standard InChI is InChI=1S/C19H21FN8O/c1-4-12(25-18-16-17(22-9-21-16)23-10-24-18)19-26-13-7-5-6-11(20)15(13)14(29)8-28(19)27(2)3/h5-7,9-10,12H,4,8H2,1-3H3,(H2,21,22,23,24,25)/t12-/m0/s1. The Kier molecular flexibility index (Phi) is 4.93. The molecule has 0 unspecified atom stereocenters. The van der Waals surface area contributed by atoms with Gasteiger partial charge in [-0.2, -0.15) is 0 Å².